The van der Waals surface area contributed by atoms with E-state index in [2.05, 4.69) is 126 Å². The lowest BCUT2D eigenvalue weighted by Crippen LogP contribution is -1.96. The van der Waals surface area contributed by atoms with Gasteiger partial charge in [0.05, 0.1) is 5.52 Å². The lowest BCUT2D eigenvalue weighted by molar-refractivity contribution is 1.14. The van der Waals surface area contributed by atoms with Gasteiger partial charge in [-0.1, -0.05) is 91.0 Å². The number of hydrogen-bond donors (Lipinski definition) is 0. The Morgan fingerprint density at radius 1 is 0.462 bits per heavy atom. The number of nitrogens with zero attached hydrogens (tertiary/aromatic N) is 2. The second-order valence-corrected chi connectivity index (χ2v) is 10.4. The van der Waals surface area contributed by atoms with Gasteiger partial charge in [-0.15, -0.1) is 0 Å². The molecule has 0 atom stereocenters. The quantitative estimate of drug-likeness (QED) is 0.234. The fraction of sp³-hybridized carbons (Fsp3) is 0. The minimum absolute atomic E-state index is 0.982. The smallest absolute Gasteiger partial charge is 0.145 e. The first-order valence-electron chi connectivity index (χ1n) is 13.4. The molecular formula is C37H22N2. The third kappa shape index (κ3) is 2.83. The number of aromatic nitrogens is 2. The first-order valence-corrected chi connectivity index (χ1v) is 13.4. The summed E-state index contributed by atoms with van der Waals surface area (Å²) in [6, 6.07) is 46.4. The van der Waals surface area contributed by atoms with Gasteiger partial charge in [0.15, 0.2) is 0 Å². The summed E-state index contributed by atoms with van der Waals surface area (Å²) >= 11 is 0. The van der Waals surface area contributed by atoms with Gasteiger partial charge in [-0.3, -0.25) is 4.57 Å². The monoisotopic (exact) mass is 494 g/mol. The van der Waals surface area contributed by atoms with Gasteiger partial charge < -0.3 is 0 Å². The molecule has 0 bridgehead atoms. The SMILES string of the molecule is c1cc(-c2ccc3c4c(cccc24)-c2ccccc2-3)cc(-n2c3cc4ccccc4cc3c3cccnc32)c1. The molecule has 0 unspecified atom stereocenters. The fourth-order valence-electron chi connectivity index (χ4n) is 6.66. The van der Waals surface area contributed by atoms with E-state index >= 15 is 0 Å². The van der Waals surface area contributed by atoms with Crippen molar-refractivity contribution in [1.29, 1.82) is 0 Å². The molecule has 2 heterocycles. The number of hydrogen-bond acceptors (Lipinski definition) is 1. The third-order valence-corrected chi connectivity index (χ3v) is 8.36. The molecule has 0 radical (unpaired) electrons. The molecular weight excluding hydrogens is 472 g/mol. The summed E-state index contributed by atoms with van der Waals surface area (Å²) < 4.78 is 2.32. The van der Waals surface area contributed by atoms with Crippen molar-refractivity contribution in [3.8, 4) is 39.1 Å². The van der Waals surface area contributed by atoms with Crippen molar-refractivity contribution in [2.24, 2.45) is 0 Å². The summed E-state index contributed by atoms with van der Waals surface area (Å²) in [5, 5.41) is 7.53. The van der Waals surface area contributed by atoms with Crippen LogP contribution in [0, 0.1) is 0 Å². The predicted molar refractivity (Wildman–Crippen MR) is 163 cm³/mol. The summed E-state index contributed by atoms with van der Waals surface area (Å²) in [4.78, 5) is 4.86. The summed E-state index contributed by atoms with van der Waals surface area (Å²) in [5.74, 6) is 0. The van der Waals surface area contributed by atoms with Crippen molar-refractivity contribution in [3.63, 3.8) is 0 Å². The molecule has 180 valence electrons. The van der Waals surface area contributed by atoms with Gasteiger partial charge in [0, 0.05) is 22.7 Å². The maximum absolute atomic E-state index is 4.86. The van der Waals surface area contributed by atoms with E-state index in [-0.39, 0.29) is 0 Å². The average molecular weight is 495 g/mol. The summed E-state index contributed by atoms with van der Waals surface area (Å²) in [6.45, 7) is 0. The highest BCUT2D eigenvalue weighted by molar-refractivity contribution is 6.19. The zero-order valence-corrected chi connectivity index (χ0v) is 21.1. The molecule has 0 saturated heterocycles. The molecule has 2 nitrogen and oxygen atoms in total. The van der Waals surface area contributed by atoms with Gasteiger partial charge in [0.2, 0.25) is 0 Å². The van der Waals surface area contributed by atoms with Crippen LogP contribution in [0.15, 0.2) is 134 Å². The second kappa shape index (κ2) is 7.66. The second-order valence-electron chi connectivity index (χ2n) is 10.4. The molecule has 9 rings (SSSR count). The fourth-order valence-corrected chi connectivity index (χ4v) is 6.66. The highest BCUT2D eigenvalue weighted by Crippen LogP contribution is 2.49. The van der Waals surface area contributed by atoms with Crippen LogP contribution in [0.5, 0.6) is 0 Å². The number of fused-ring (bicyclic) bond motifs is 7. The molecule has 1 aliphatic rings. The van der Waals surface area contributed by atoms with Gasteiger partial charge in [0.25, 0.3) is 0 Å². The van der Waals surface area contributed by atoms with Crippen molar-refractivity contribution < 1.29 is 0 Å². The van der Waals surface area contributed by atoms with Crippen LogP contribution >= 0.6 is 0 Å². The van der Waals surface area contributed by atoms with Gasteiger partial charge in [-0.25, -0.2) is 4.98 Å². The molecule has 0 aliphatic heterocycles. The van der Waals surface area contributed by atoms with Crippen LogP contribution in [-0.4, -0.2) is 9.55 Å². The molecule has 0 N–H and O–H groups in total. The number of benzene rings is 6. The Morgan fingerprint density at radius 2 is 1.15 bits per heavy atom. The maximum Gasteiger partial charge on any atom is 0.145 e. The topological polar surface area (TPSA) is 17.8 Å². The molecule has 39 heavy (non-hydrogen) atoms. The molecule has 6 aromatic carbocycles. The van der Waals surface area contributed by atoms with E-state index < -0.39 is 0 Å². The number of pyridine rings is 1. The first-order chi connectivity index (χ1) is 19.3. The van der Waals surface area contributed by atoms with Crippen LogP contribution < -0.4 is 0 Å². The van der Waals surface area contributed by atoms with E-state index in [1.165, 1.54) is 71.2 Å². The Labute approximate surface area is 225 Å². The van der Waals surface area contributed by atoms with Crippen LogP contribution in [0.2, 0.25) is 0 Å². The molecule has 0 fully saturated rings. The lowest BCUT2D eigenvalue weighted by atomic mass is 9.94. The Kier molecular flexibility index (Phi) is 4.08. The Hall–Kier alpha value is -5.21. The van der Waals surface area contributed by atoms with Crippen molar-refractivity contribution in [2.75, 3.05) is 0 Å². The maximum atomic E-state index is 4.86. The highest BCUT2D eigenvalue weighted by Gasteiger charge is 2.22. The van der Waals surface area contributed by atoms with Crippen LogP contribution in [0.4, 0.5) is 0 Å². The van der Waals surface area contributed by atoms with Crippen molar-refractivity contribution >= 4 is 43.5 Å². The highest BCUT2D eigenvalue weighted by atomic mass is 15.0. The van der Waals surface area contributed by atoms with Gasteiger partial charge in [0.1, 0.15) is 5.65 Å². The van der Waals surface area contributed by atoms with E-state index in [1.54, 1.807) is 0 Å². The Morgan fingerprint density at radius 3 is 2.03 bits per heavy atom. The van der Waals surface area contributed by atoms with E-state index in [4.69, 9.17) is 4.98 Å². The molecule has 2 heteroatoms. The van der Waals surface area contributed by atoms with Gasteiger partial charge in [-0.2, -0.15) is 0 Å². The minimum atomic E-state index is 0.982. The number of rotatable bonds is 2. The molecule has 8 aromatic rings. The molecule has 2 aromatic heterocycles. The Bertz CT molecular complexity index is 2260. The van der Waals surface area contributed by atoms with Crippen LogP contribution in [0.3, 0.4) is 0 Å². The zero-order chi connectivity index (χ0) is 25.5. The van der Waals surface area contributed by atoms with Gasteiger partial charge >= 0.3 is 0 Å². The van der Waals surface area contributed by atoms with Crippen molar-refractivity contribution in [3.05, 3.63) is 134 Å². The van der Waals surface area contributed by atoms with Crippen LogP contribution in [0.1, 0.15) is 0 Å². The molecule has 0 saturated carbocycles. The zero-order valence-electron chi connectivity index (χ0n) is 21.1. The van der Waals surface area contributed by atoms with E-state index in [1.807, 2.05) is 12.3 Å². The molecule has 0 spiro atoms. The molecule has 0 amide bonds. The van der Waals surface area contributed by atoms with Crippen LogP contribution in [0.25, 0.3) is 82.5 Å². The standard InChI is InChI=1S/C37H22N2/c1-2-9-24-22-35-34(21-23(24)8-1)33-16-7-19-38-37(33)39(35)26-11-5-10-25(20-26)27-17-18-32-29-13-4-3-12-28(29)31-15-6-14-30(27)36(31)32/h1-22H. The third-order valence-electron chi connectivity index (χ3n) is 8.36. The van der Waals surface area contributed by atoms with Crippen molar-refractivity contribution in [2.45, 2.75) is 0 Å². The average Bonchev–Trinajstić information content (AvgIpc) is 3.50. The van der Waals surface area contributed by atoms with Crippen molar-refractivity contribution in [1.82, 2.24) is 9.55 Å². The summed E-state index contributed by atoms with van der Waals surface area (Å²) in [6.07, 6.45) is 1.89. The summed E-state index contributed by atoms with van der Waals surface area (Å²) in [5.41, 5.74) is 11.0. The van der Waals surface area contributed by atoms with E-state index in [0.29, 0.717) is 0 Å². The Balaban J connectivity index is 1.30. The normalized spacial score (nSPS) is 12.1. The lowest BCUT2D eigenvalue weighted by Gasteiger charge is -2.13. The largest absolute Gasteiger partial charge is 0.294 e. The minimum Gasteiger partial charge on any atom is -0.294 e. The van der Waals surface area contributed by atoms with Gasteiger partial charge in [-0.05, 0) is 91.3 Å². The van der Waals surface area contributed by atoms with E-state index in [0.717, 1.165) is 11.3 Å². The summed E-state index contributed by atoms with van der Waals surface area (Å²) in [7, 11) is 0. The first kappa shape index (κ1) is 20.8. The molecule has 1 aliphatic carbocycles. The van der Waals surface area contributed by atoms with Crippen LogP contribution in [-0.2, 0) is 0 Å². The predicted octanol–water partition coefficient (Wildman–Crippen LogP) is 9.80. The van der Waals surface area contributed by atoms with E-state index in [9.17, 15) is 0 Å².